The largest absolute Gasteiger partial charge is 0.484 e. The smallest absolute Gasteiger partial charge is 0.262 e. The van der Waals surface area contributed by atoms with Crippen molar-refractivity contribution in [3.8, 4) is 5.75 Å². The van der Waals surface area contributed by atoms with Gasteiger partial charge >= 0.3 is 0 Å². The van der Waals surface area contributed by atoms with Crippen LogP contribution in [0, 0.1) is 13.8 Å². The van der Waals surface area contributed by atoms with Gasteiger partial charge in [0, 0.05) is 53.2 Å². The number of anilines is 2. The van der Waals surface area contributed by atoms with Crippen molar-refractivity contribution in [3.05, 3.63) is 87.4 Å². The Morgan fingerprint density at radius 1 is 0.886 bits per heavy atom. The normalized spacial score (nSPS) is 13.5. The van der Waals surface area contributed by atoms with Crippen LogP contribution in [0.4, 0.5) is 11.4 Å². The molecule has 6 nitrogen and oxygen atoms in total. The van der Waals surface area contributed by atoms with E-state index in [0.29, 0.717) is 40.1 Å². The van der Waals surface area contributed by atoms with Crippen LogP contribution in [-0.2, 0) is 4.79 Å². The minimum Gasteiger partial charge on any atom is -0.484 e. The molecule has 0 atom stereocenters. The molecule has 0 aromatic heterocycles. The third-order valence-corrected chi connectivity index (χ3v) is 6.80. The summed E-state index contributed by atoms with van der Waals surface area (Å²) in [5.41, 5.74) is 4.21. The molecule has 1 aliphatic heterocycles. The Balaban J connectivity index is 1.26. The number of halogens is 2. The average Bonchev–Trinajstić information content (AvgIpc) is 2.86. The van der Waals surface area contributed by atoms with E-state index in [9.17, 15) is 9.59 Å². The molecule has 2 amide bonds. The summed E-state index contributed by atoms with van der Waals surface area (Å²) in [6.45, 7) is 6.47. The van der Waals surface area contributed by atoms with E-state index in [-0.39, 0.29) is 18.4 Å². The van der Waals surface area contributed by atoms with Crippen molar-refractivity contribution in [2.24, 2.45) is 0 Å². The maximum Gasteiger partial charge on any atom is 0.262 e. The summed E-state index contributed by atoms with van der Waals surface area (Å²) in [6.07, 6.45) is 0. The fraction of sp³-hybridized carbons (Fsp3) is 0.259. The van der Waals surface area contributed by atoms with Crippen molar-refractivity contribution in [2.75, 3.05) is 43.0 Å². The first kappa shape index (κ1) is 24.9. The molecule has 1 fully saturated rings. The molecule has 1 heterocycles. The maximum atomic E-state index is 12.7. The number of ether oxygens (including phenoxy) is 1. The van der Waals surface area contributed by atoms with E-state index in [4.69, 9.17) is 27.9 Å². The van der Waals surface area contributed by atoms with Gasteiger partial charge in [-0.3, -0.25) is 9.59 Å². The molecule has 4 rings (SSSR count). The highest BCUT2D eigenvalue weighted by atomic mass is 35.5. The molecule has 1 saturated heterocycles. The van der Waals surface area contributed by atoms with E-state index < -0.39 is 0 Å². The quantitative estimate of drug-likeness (QED) is 0.468. The van der Waals surface area contributed by atoms with Gasteiger partial charge in [-0.05, 0) is 85.6 Å². The molecule has 35 heavy (non-hydrogen) atoms. The van der Waals surface area contributed by atoms with Gasteiger partial charge in [-0.2, -0.15) is 0 Å². The zero-order valence-electron chi connectivity index (χ0n) is 19.7. The Bertz CT molecular complexity index is 1180. The summed E-state index contributed by atoms with van der Waals surface area (Å²) in [4.78, 5) is 29.1. The van der Waals surface area contributed by atoms with Gasteiger partial charge in [0.15, 0.2) is 6.61 Å². The Kier molecular flexibility index (Phi) is 7.83. The fourth-order valence-electron chi connectivity index (χ4n) is 4.03. The van der Waals surface area contributed by atoms with Gasteiger partial charge in [0.25, 0.3) is 11.8 Å². The van der Waals surface area contributed by atoms with Crippen LogP contribution in [0.5, 0.6) is 5.75 Å². The standard InChI is InChI=1S/C27H27Cl2N3O3/c1-18-15-24(16-19(2)26(18)29)35-17-25(33)30-22-7-9-23(10-8-22)31-11-13-32(14-12-31)27(34)20-3-5-21(28)6-4-20/h3-10,15-16H,11-14,17H2,1-2H3,(H,30,33). The fourth-order valence-corrected chi connectivity index (χ4v) is 4.27. The van der Waals surface area contributed by atoms with Crippen LogP contribution < -0.4 is 15.0 Å². The lowest BCUT2D eigenvalue weighted by atomic mass is 10.1. The third kappa shape index (κ3) is 6.27. The minimum atomic E-state index is -0.239. The average molecular weight is 512 g/mol. The topological polar surface area (TPSA) is 61.9 Å². The van der Waals surface area contributed by atoms with Crippen molar-refractivity contribution in [2.45, 2.75) is 13.8 Å². The predicted octanol–water partition coefficient (Wildman–Crippen LogP) is 5.59. The summed E-state index contributed by atoms with van der Waals surface area (Å²) >= 11 is 12.1. The van der Waals surface area contributed by atoms with E-state index in [0.717, 1.165) is 29.9 Å². The second kappa shape index (κ2) is 11.0. The Hall–Kier alpha value is -3.22. The molecule has 1 aliphatic rings. The molecule has 0 unspecified atom stereocenters. The predicted molar refractivity (Wildman–Crippen MR) is 141 cm³/mol. The highest BCUT2D eigenvalue weighted by Crippen LogP contribution is 2.26. The lowest BCUT2D eigenvalue weighted by Gasteiger charge is -2.36. The Labute approximate surface area is 215 Å². The van der Waals surface area contributed by atoms with E-state index in [1.54, 1.807) is 24.3 Å². The van der Waals surface area contributed by atoms with Crippen LogP contribution in [-0.4, -0.2) is 49.5 Å². The van der Waals surface area contributed by atoms with Crippen molar-refractivity contribution in [1.29, 1.82) is 0 Å². The number of hydrogen-bond donors (Lipinski definition) is 1. The number of aryl methyl sites for hydroxylation is 2. The van der Waals surface area contributed by atoms with E-state index in [1.807, 2.05) is 55.1 Å². The van der Waals surface area contributed by atoms with Gasteiger partial charge in [0.2, 0.25) is 0 Å². The van der Waals surface area contributed by atoms with Crippen molar-refractivity contribution in [3.63, 3.8) is 0 Å². The lowest BCUT2D eigenvalue weighted by Crippen LogP contribution is -2.48. The number of rotatable bonds is 6. The van der Waals surface area contributed by atoms with Crippen LogP contribution >= 0.6 is 23.2 Å². The molecular weight excluding hydrogens is 485 g/mol. The van der Waals surface area contributed by atoms with Gasteiger partial charge in [-0.1, -0.05) is 23.2 Å². The highest BCUT2D eigenvalue weighted by molar-refractivity contribution is 6.32. The SMILES string of the molecule is Cc1cc(OCC(=O)Nc2ccc(N3CCN(C(=O)c4ccc(Cl)cc4)CC3)cc2)cc(C)c1Cl. The van der Waals surface area contributed by atoms with Crippen LogP contribution in [0.15, 0.2) is 60.7 Å². The summed E-state index contributed by atoms with van der Waals surface area (Å²) in [5, 5.41) is 4.18. The minimum absolute atomic E-state index is 0.0190. The maximum absolute atomic E-state index is 12.7. The Morgan fingerprint density at radius 2 is 1.49 bits per heavy atom. The highest BCUT2D eigenvalue weighted by Gasteiger charge is 2.22. The van der Waals surface area contributed by atoms with Crippen molar-refractivity contribution >= 4 is 46.4 Å². The molecule has 3 aromatic rings. The van der Waals surface area contributed by atoms with E-state index in [1.165, 1.54) is 0 Å². The van der Waals surface area contributed by atoms with Crippen LogP contribution in [0.25, 0.3) is 0 Å². The summed E-state index contributed by atoms with van der Waals surface area (Å²) in [5.74, 6) is 0.395. The molecule has 8 heteroatoms. The number of nitrogens with one attached hydrogen (secondary N) is 1. The van der Waals surface area contributed by atoms with Crippen LogP contribution in [0.3, 0.4) is 0 Å². The molecule has 0 aliphatic carbocycles. The van der Waals surface area contributed by atoms with Gasteiger partial charge in [0.1, 0.15) is 5.75 Å². The molecule has 182 valence electrons. The number of hydrogen-bond acceptors (Lipinski definition) is 4. The zero-order valence-corrected chi connectivity index (χ0v) is 21.2. The molecule has 0 bridgehead atoms. The lowest BCUT2D eigenvalue weighted by molar-refractivity contribution is -0.118. The van der Waals surface area contributed by atoms with Gasteiger partial charge in [-0.15, -0.1) is 0 Å². The Morgan fingerprint density at radius 3 is 2.09 bits per heavy atom. The first-order chi connectivity index (χ1) is 16.8. The number of benzene rings is 3. The van der Waals surface area contributed by atoms with Crippen molar-refractivity contribution in [1.82, 2.24) is 4.90 Å². The second-order valence-electron chi connectivity index (χ2n) is 8.54. The molecule has 3 aromatic carbocycles. The first-order valence-electron chi connectivity index (χ1n) is 11.4. The second-order valence-corrected chi connectivity index (χ2v) is 9.36. The molecule has 0 saturated carbocycles. The molecule has 0 radical (unpaired) electrons. The third-order valence-electron chi connectivity index (χ3n) is 5.95. The number of nitrogens with zero attached hydrogens (tertiary/aromatic N) is 2. The number of piperazine rings is 1. The molecular formula is C27H27Cl2N3O3. The summed E-state index contributed by atoms with van der Waals surface area (Å²) < 4.78 is 5.63. The number of carbonyl (C=O) groups is 2. The van der Waals surface area contributed by atoms with Crippen LogP contribution in [0.2, 0.25) is 10.0 Å². The van der Waals surface area contributed by atoms with Gasteiger partial charge in [-0.25, -0.2) is 0 Å². The first-order valence-corrected chi connectivity index (χ1v) is 12.1. The summed E-state index contributed by atoms with van der Waals surface area (Å²) in [7, 11) is 0. The van der Waals surface area contributed by atoms with Gasteiger partial charge in [0.05, 0.1) is 0 Å². The van der Waals surface area contributed by atoms with E-state index >= 15 is 0 Å². The van der Waals surface area contributed by atoms with E-state index in [2.05, 4.69) is 10.2 Å². The summed E-state index contributed by atoms with van der Waals surface area (Å²) in [6, 6.07) is 18.3. The van der Waals surface area contributed by atoms with Crippen LogP contribution in [0.1, 0.15) is 21.5 Å². The van der Waals surface area contributed by atoms with Crippen molar-refractivity contribution < 1.29 is 14.3 Å². The number of carbonyl (C=O) groups excluding carboxylic acids is 2. The zero-order chi connectivity index (χ0) is 24.9. The monoisotopic (exact) mass is 511 g/mol. The molecule has 0 spiro atoms. The number of amides is 2. The molecule has 1 N–H and O–H groups in total. The van der Waals surface area contributed by atoms with Gasteiger partial charge < -0.3 is 19.9 Å².